The van der Waals surface area contributed by atoms with Crippen LogP contribution in [0.25, 0.3) is 0 Å². The summed E-state index contributed by atoms with van der Waals surface area (Å²) >= 11 is 0. The highest BCUT2D eigenvalue weighted by molar-refractivity contribution is 5.99. The van der Waals surface area contributed by atoms with Gasteiger partial charge in [0.1, 0.15) is 5.60 Å². The molecule has 1 fully saturated rings. The van der Waals surface area contributed by atoms with E-state index in [1.54, 1.807) is 45.0 Å². The molecule has 1 heterocycles. The number of amides is 2. The number of carbonyl (C=O) groups excluding carboxylic acids is 3. The monoisotopic (exact) mass is 490 g/mol. The summed E-state index contributed by atoms with van der Waals surface area (Å²) in [6.07, 6.45) is -3.55. The smallest absolute Gasteiger partial charge is 0.416 e. The van der Waals surface area contributed by atoms with Gasteiger partial charge in [-0.2, -0.15) is 13.2 Å². The molecule has 2 amide bonds. The van der Waals surface area contributed by atoms with Crippen LogP contribution in [0.15, 0.2) is 48.5 Å². The van der Waals surface area contributed by atoms with Crippen LogP contribution in [-0.2, 0) is 22.1 Å². The number of ketones is 1. The van der Waals surface area contributed by atoms with Crippen molar-refractivity contribution in [2.45, 2.75) is 57.9 Å². The van der Waals surface area contributed by atoms with Crippen LogP contribution in [0.3, 0.4) is 0 Å². The van der Waals surface area contributed by atoms with E-state index in [0.29, 0.717) is 36.1 Å². The zero-order chi connectivity index (χ0) is 25.8. The number of Topliss-reactive ketones (excluding diaryl/α,β-unsaturated/α-hetero) is 1. The molecule has 1 unspecified atom stereocenters. The van der Waals surface area contributed by atoms with E-state index < -0.39 is 35.4 Å². The predicted molar refractivity (Wildman–Crippen MR) is 124 cm³/mol. The lowest BCUT2D eigenvalue weighted by Gasteiger charge is -2.28. The number of benzene rings is 2. The summed E-state index contributed by atoms with van der Waals surface area (Å²) in [5.74, 6) is -0.760. The first kappa shape index (κ1) is 26.2. The lowest BCUT2D eigenvalue weighted by Crippen LogP contribution is -2.46. The molecule has 0 bridgehead atoms. The Balaban J connectivity index is 1.63. The van der Waals surface area contributed by atoms with Crippen LogP contribution in [-0.4, -0.2) is 47.4 Å². The predicted octanol–water partition coefficient (Wildman–Crippen LogP) is 4.99. The van der Waals surface area contributed by atoms with E-state index in [4.69, 9.17) is 4.74 Å². The quantitative estimate of drug-likeness (QED) is 0.619. The first-order chi connectivity index (χ1) is 16.3. The molecule has 2 aromatic rings. The van der Waals surface area contributed by atoms with Crippen LogP contribution < -0.4 is 5.32 Å². The fourth-order valence-electron chi connectivity index (χ4n) is 3.95. The van der Waals surface area contributed by atoms with E-state index in [9.17, 15) is 27.6 Å². The summed E-state index contributed by atoms with van der Waals surface area (Å²) in [5.41, 5.74) is 0.147. The molecule has 9 heteroatoms. The van der Waals surface area contributed by atoms with Crippen molar-refractivity contribution in [2.24, 2.45) is 0 Å². The molecule has 1 aliphatic rings. The zero-order valence-electron chi connectivity index (χ0n) is 19.9. The van der Waals surface area contributed by atoms with Crippen molar-refractivity contribution in [1.82, 2.24) is 10.2 Å². The van der Waals surface area contributed by atoms with Crippen LogP contribution in [0, 0.1) is 0 Å². The van der Waals surface area contributed by atoms with Crippen molar-refractivity contribution in [3.63, 3.8) is 0 Å². The molecule has 188 valence electrons. The molecular formula is C26H29F3N2O4. The average Bonchev–Trinajstić information content (AvgIpc) is 3.27. The Morgan fingerprint density at radius 3 is 2.31 bits per heavy atom. The highest BCUT2D eigenvalue weighted by Crippen LogP contribution is 2.29. The van der Waals surface area contributed by atoms with E-state index in [-0.39, 0.29) is 18.7 Å². The molecule has 0 radical (unpaired) electrons. The minimum Gasteiger partial charge on any atom is -0.444 e. The van der Waals surface area contributed by atoms with Crippen molar-refractivity contribution in [2.75, 3.05) is 13.1 Å². The van der Waals surface area contributed by atoms with Crippen molar-refractivity contribution < 1.29 is 32.3 Å². The van der Waals surface area contributed by atoms with Crippen molar-refractivity contribution in [3.8, 4) is 0 Å². The summed E-state index contributed by atoms with van der Waals surface area (Å²) in [6.45, 7) is 5.41. The van der Waals surface area contributed by atoms with Crippen molar-refractivity contribution in [3.05, 3.63) is 70.8 Å². The zero-order valence-corrected chi connectivity index (χ0v) is 19.9. The van der Waals surface area contributed by atoms with Crippen LogP contribution in [0.2, 0.25) is 0 Å². The molecule has 3 rings (SSSR count). The minimum absolute atomic E-state index is 0.253. The van der Waals surface area contributed by atoms with Crippen LogP contribution in [0.4, 0.5) is 18.0 Å². The van der Waals surface area contributed by atoms with Crippen LogP contribution >= 0.6 is 0 Å². The molecule has 6 nitrogen and oxygen atoms in total. The Bertz CT molecular complexity index is 1080. The average molecular weight is 491 g/mol. The molecule has 1 aliphatic heterocycles. The maximum absolute atomic E-state index is 12.8. The Labute approximate surface area is 202 Å². The Morgan fingerprint density at radius 2 is 1.69 bits per heavy atom. The third-order valence-corrected chi connectivity index (χ3v) is 5.61. The van der Waals surface area contributed by atoms with E-state index in [1.165, 1.54) is 17.0 Å². The van der Waals surface area contributed by atoms with Crippen molar-refractivity contribution >= 4 is 17.8 Å². The summed E-state index contributed by atoms with van der Waals surface area (Å²) in [4.78, 5) is 39.5. The second-order valence-electron chi connectivity index (χ2n) is 9.51. The molecule has 1 saturated heterocycles. The number of nitrogens with one attached hydrogen (secondary N) is 1. The minimum atomic E-state index is -4.42. The molecule has 0 spiro atoms. The van der Waals surface area contributed by atoms with Crippen LogP contribution in [0.1, 0.15) is 60.7 Å². The number of hydrogen-bond donors (Lipinski definition) is 1. The SMILES string of the molecule is CC(C)(C)OC(=O)N1CCCC1C(=O)CNC(=O)c1ccccc1Cc1ccc(C(F)(F)F)cc1. The molecule has 0 saturated carbocycles. The number of carbonyl (C=O) groups is 3. The van der Waals surface area contributed by atoms with E-state index >= 15 is 0 Å². The number of alkyl halides is 3. The molecule has 35 heavy (non-hydrogen) atoms. The number of halogens is 3. The fourth-order valence-corrected chi connectivity index (χ4v) is 3.95. The maximum atomic E-state index is 12.8. The van der Waals surface area contributed by atoms with Crippen LogP contribution in [0.5, 0.6) is 0 Å². The topological polar surface area (TPSA) is 75.7 Å². The summed E-state index contributed by atoms with van der Waals surface area (Å²) in [6, 6.07) is 10.8. The first-order valence-electron chi connectivity index (χ1n) is 11.4. The third-order valence-electron chi connectivity index (χ3n) is 5.61. The second-order valence-corrected chi connectivity index (χ2v) is 9.51. The van der Waals surface area contributed by atoms with Gasteiger partial charge in [-0.1, -0.05) is 30.3 Å². The maximum Gasteiger partial charge on any atom is 0.416 e. The Kier molecular flexibility index (Phi) is 7.87. The van der Waals surface area contributed by atoms with Gasteiger partial charge < -0.3 is 10.1 Å². The highest BCUT2D eigenvalue weighted by atomic mass is 19.4. The van der Waals surface area contributed by atoms with Gasteiger partial charge >= 0.3 is 12.3 Å². The third kappa shape index (κ3) is 7.07. The largest absolute Gasteiger partial charge is 0.444 e. The first-order valence-corrected chi connectivity index (χ1v) is 11.4. The molecule has 0 aromatic heterocycles. The number of likely N-dealkylation sites (tertiary alicyclic amines) is 1. The van der Waals surface area contributed by atoms with Gasteiger partial charge in [-0.3, -0.25) is 14.5 Å². The van der Waals surface area contributed by atoms with Gasteiger partial charge in [0.05, 0.1) is 18.2 Å². The molecule has 1 atom stereocenters. The standard InChI is InChI=1S/C26H29F3N2O4/c1-25(2,3)35-24(34)31-14-6-9-21(31)22(32)16-30-23(33)20-8-5-4-7-18(20)15-17-10-12-19(13-11-17)26(27,28)29/h4-5,7-8,10-13,21H,6,9,14-16H2,1-3H3,(H,30,33). The van der Waals surface area contributed by atoms with Gasteiger partial charge in [-0.15, -0.1) is 0 Å². The van der Waals surface area contributed by atoms with E-state index in [0.717, 1.165) is 12.1 Å². The lowest BCUT2D eigenvalue weighted by atomic mass is 9.98. The normalized spacial score (nSPS) is 16.2. The highest BCUT2D eigenvalue weighted by Gasteiger charge is 2.36. The number of rotatable bonds is 6. The van der Waals surface area contributed by atoms with Gasteiger partial charge in [-0.05, 0) is 69.4 Å². The summed E-state index contributed by atoms with van der Waals surface area (Å²) in [5, 5.41) is 2.62. The van der Waals surface area contributed by atoms with E-state index in [2.05, 4.69) is 5.32 Å². The summed E-state index contributed by atoms with van der Waals surface area (Å²) < 4.78 is 43.8. The molecular weight excluding hydrogens is 461 g/mol. The number of hydrogen-bond acceptors (Lipinski definition) is 4. The van der Waals surface area contributed by atoms with Gasteiger partial charge in [0.25, 0.3) is 5.91 Å². The second kappa shape index (κ2) is 10.5. The van der Waals surface area contributed by atoms with Crippen molar-refractivity contribution in [1.29, 1.82) is 0 Å². The lowest BCUT2D eigenvalue weighted by molar-refractivity contribution is -0.137. The Hall–Kier alpha value is -3.36. The molecule has 2 aromatic carbocycles. The van der Waals surface area contributed by atoms with Gasteiger partial charge in [-0.25, -0.2) is 4.79 Å². The summed E-state index contributed by atoms with van der Waals surface area (Å²) in [7, 11) is 0. The number of nitrogens with zero attached hydrogens (tertiary/aromatic N) is 1. The van der Waals surface area contributed by atoms with E-state index in [1.807, 2.05) is 0 Å². The molecule has 0 aliphatic carbocycles. The fraction of sp³-hybridized carbons (Fsp3) is 0.423. The van der Waals surface area contributed by atoms with Gasteiger partial charge in [0.2, 0.25) is 0 Å². The van der Waals surface area contributed by atoms with Gasteiger partial charge in [0.15, 0.2) is 5.78 Å². The number of ether oxygens (including phenoxy) is 1. The Morgan fingerprint density at radius 1 is 1.03 bits per heavy atom. The van der Waals surface area contributed by atoms with Gasteiger partial charge in [0, 0.05) is 12.1 Å². The molecule has 1 N–H and O–H groups in total.